The third kappa shape index (κ3) is 5.26. The molecule has 0 aliphatic carbocycles. The summed E-state index contributed by atoms with van der Waals surface area (Å²) >= 11 is 0. The summed E-state index contributed by atoms with van der Waals surface area (Å²) in [6.07, 6.45) is 4.26. The number of fused-ring (bicyclic) bond motifs is 1. The van der Waals surface area contributed by atoms with Gasteiger partial charge in [-0.15, -0.1) is 0 Å². The molecule has 37 heavy (non-hydrogen) atoms. The molecule has 194 valence electrons. The molecule has 0 bridgehead atoms. The van der Waals surface area contributed by atoms with E-state index in [1.54, 1.807) is 0 Å². The summed E-state index contributed by atoms with van der Waals surface area (Å²) in [7, 11) is 0. The molecule has 0 aromatic heterocycles. The standard InChI is InChI=1S/C34H41NO2/c1-21(2)15-29-20-33(30-17-22(3)16-23(4)26(30)7)35(34-36-24(5)18-25(6)37-34)32-14-13-28(19-31(29)32)27-11-9-8-10-12-27/h8-14,16-17,19-21,24-25,33-34H,15,18H2,1-7H3. The minimum atomic E-state index is -0.442. The van der Waals surface area contributed by atoms with Crippen LogP contribution in [0.1, 0.15) is 74.4 Å². The molecule has 0 N–H and O–H groups in total. The Morgan fingerprint density at radius 3 is 2.24 bits per heavy atom. The van der Waals surface area contributed by atoms with E-state index in [4.69, 9.17) is 9.47 Å². The Hall–Kier alpha value is -2.88. The second-order valence-corrected chi connectivity index (χ2v) is 11.5. The molecular weight excluding hydrogens is 454 g/mol. The molecule has 3 aromatic carbocycles. The van der Waals surface area contributed by atoms with E-state index in [0.717, 1.165) is 12.8 Å². The molecule has 3 atom stereocenters. The first-order chi connectivity index (χ1) is 17.7. The summed E-state index contributed by atoms with van der Waals surface area (Å²) in [6.45, 7) is 15.6. The van der Waals surface area contributed by atoms with Crippen molar-refractivity contribution < 1.29 is 9.47 Å². The fourth-order valence-corrected chi connectivity index (χ4v) is 5.96. The number of allylic oxidation sites excluding steroid dienone is 1. The number of anilines is 1. The highest BCUT2D eigenvalue weighted by Gasteiger charge is 2.38. The van der Waals surface area contributed by atoms with Crippen molar-refractivity contribution in [2.45, 2.75) is 86.0 Å². The normalized spacial score (nSPS) is 23.7. The first-order valence-electron chi connectivity index (χ1n) is 13.8. The summed E-state index contributed by atoms with van der Waals surface area (Å²) in [5, 5.41) is 0. The lowest BCUT2D eigenvalue weighted by Gasteiger charge is -2.46. The van der Waals surface area contributed by atoms with E-state index < -0.39 is 6.41 Å². The Morgan fingerprint density at radius 2 is 1.57 bits per heavy atom. The maximum Gasteiger partial charge on any atom is 0.241 e. The Morgan fingerprint density at radius 1 is 0.865 bits per heavy atom. The van der Waals surface area contributed by atoms with E-state index in [9.17, 15) is 0 Å². The number of nitrogens with zero attached hydrogens (tertiary/aromatic N) is 1. The minimum absolute atomic E-state index is 0.0323. The van der Waals surface area contributed by atoms with Crippen LogP contribution in [0.4, 0.5) is 5.69 Å². The molecule has 2 aliphatic rings. The van der Waals surface area contributed by atoms with Crippen molar-refractivity contribution in [2.75, 3.05) is 4.90 Å². The largest absolute Gasteiger partial charge is 0.332 e. The molecule has 3 unspecified atom stereocenters. The number of ether oxygens (including phenoxy) is 2. The van der Waals surface area contributed by atoms with Crippen molar-refractivity contribution in [3.05, 3.63) is 94.6 Å². The van der Waals surface area contributed by atoms with Gasteiger partial charge in [0.25, 0.3) is 0 Å². The maximum atomic E-state index is 6.51. The molecule has 0 amide bonds. The Bertz CT molecular complexity index is 1280. The van der Waals surface area contributed by atoms with Gasteiger partial charge in [0, 0.05) is 11.3 Å². The van der Waals surface area contributed by atoms with Gasteiger partial charge in [-0.05, 0) is 98.9 Å². The second-order valence-electron chi connectivity index (χ2n) is 11.5. The molecule has 1 fully saturated rings. The van der Waals surface area contributed by atoms with E-state index in [0.29, 0.717) is 5.92 Å². The zero-order chi connectivity index (χ0) is 26.3. The van der Waals surface area contributed by atoms with Gasteiger partial charge >= 0.3 is 0 Å². The lowest BCUT2D eigenvalue weighted by atomic mass is 9.84. The highest BCUT2D eigenvalue weighted by molar-refractivity contribution is 5.85. The van der Waals surface area contributed by atoms with E-state index in [1.807, 2.05) is 0 Å². The van der Waals surface area contributed by atoms with E-state index >= 15 is 0 Å². The van der Waals surface area contributed by atoms with E-state index in [1.165, 1.54) is 50.2 Å². The van der Waals surface area contributed by atoms with Gasteiger partial charge in [0.2, 0.25) is 6.41 Å². The third-order valence-corrected chi connectivity index (χ3v) is 7.77. The Balaban J connectivity index is 1.72. The van der Waals surface area contributed by atoms with Gasteiger partial charge < -0.3 is 14.4 Å². The van der Waals surface area contributed by atoms with Gasteiger partial charge in [-0.25, -0.2) is 0 Å². The molecule has 0 saturated carbocycles. The first kappa shape index (κ1) is 25.8. The number of hydrogen-bond donors (Lipinski definition) is 0. The fraction of sp³-hybridized carbons (Fsp3) is 0.412. The van der Waals surface area contributed by atoms with Crippen LogP contribution < -0.4 is 4.90 Å². The predicted molar refractivity (Wildman–Crippen MR) is 155 cm³/mol. The van der Waals surface area contributed by atoms with Crippen LogP contribution >= 0.6 is 0 Å². The van der Waals surface area contributed by atoms with Gasteiger partial charge in [0.1, 0.15) is 0 Å². The van der Waals surface area contributed by atoms with Crippen molar-refractivity contribution >= 4 is 11.3 Å². The summed E-state index contributed by atoms with van der Waals surface area (Å²) in [6, 6.07) is 22.2. The predicted octanol–water partition coefficient (Wildman–Crippen LogP) is 8.77. The molecule has 3 aromatic rings. The smallest absolute Gasteiger partial charge is 0.241 e. The van der Waals surface area contributed by atoms with Crippen molar-refractivity contribution in [2.24, 2.45) is 5.92 Å². The van der Waals surface area contributed by atoms with Crippen LogP contribution in [0.15, 0.2) is 66.7 Å². The van der Waals surface area contributed by atoms with Crippen LogP contribution in [0.25, 0.3) is 16.7 Å². The highest BCUT2D eigenvalue weighted by atomic mass is 16.7. The van der Waals surface area contributed by atoms with Crippen molar-refractivity contribution in [1.82, 2.24) is 0 Å². The average Bonchev–Trinajstić information content (AvgIpc) is 2.85. The molecule has 3 heteroatoms. The lowest BCUT2D eigenvalue weighted by Crippen LogP contribution is -2.49. The zero-order valence-corrected chi connectivity index (χ0v) is 23.4. The molecule has 3 nitrogen and oxygen atoms in total. The molecule has 5 rings (SSSR count). The SMILES string of the molecule is Cc1cc(C)c(C)c(C2C=C(CC(C)C)c3cc(-c4ccccc4)ccc3N2C2OC(C)CC(C)O2)c1. The van der Waals surface area contributed by atoms with Crippen molar-refractivity contribution in [3.8, 4) is 11.1 Å². The zero-order valence-electron chi connectivity index (χ0n) is 23.4. The van der Waals surface area contributed by atoms with Crippen molar-refractivity contribution in [1.29, 1.82) is 0 Å². The van der Waals surface area contributed by atoms with Crippen LogP contribution in [-0.2, 0) is 9.47 Å². The summed E-state index contributed by atoms with van der Waals surface area (Å²) in [5.74, 6) is 0.550. The number of rotatable bonds is 5. The van der Waals surface area contributed by atoms with Crippen LogP contribution in [0.3, 0.4) is 0 Å². The van der Waals surface area contributed by atoms with Crippen molar-refractivity contribution in [3.63, 3.8) is 0 Å². The van der Waals surface area contributed by atoms with Crippen LogP contribution in [0.2, 0.25) is 0 Å². The van der Waals surface area contributed by atoms with E-state index in [2.05, 4.69) is 120 Å². The molecule has 2 aliphatic heterocycles. The molecular formula is C34H41NO2. The van der Waals surface area contributed by atoms with Crippen LogP contribution in [-0.4, -0.2) is 18.6 Å². The highest BCUT2D eigenvalue weighted by Crippen LogP contribution is 2.47. The first-order valence-corrected chi connectivity index (χ1v) is 13.8. The summed E-state index contributed by atoms with van der Waals surface area (Å²) < 4.78 is 13.0. The van der Waals surface area contributed by atoms with Gasteiger partial charge in [-0.2, -0.15) is 0 Å². The topological polar surface area (TPSA) is 21.7 Å². The second kappa shape index (κ2) is 10.5. The maximum absolute atomic E-state index is 6.51. The summed E-state index contributed by atoms with van der Waals surface area (Å²) in [4.78, 5) is 2.39. The molecule has 2 heterocycles. The Kier molecular flexibility index (Phi) is 7.29. The van der Waals surface area contributed by atoms with Gasteiger partial charge in [0.15, 0.2) is 0 Å². The lowest BCUT2D eigenvalue weighted by molar-refractivity contribution is -0.235. The number of hydrogen-bond acceptors (Lipinski definition) is 3. The molecule has 1 saturated heterocycles. The minimum Gasteiger partial charge on any atom is -0.332 e. The van der Waals surface area contributed by atoms with Crippen LogP contribution in [0, 0.1) is 26.7 Å². The Labute approximate surface area is 223 Å². The molecule has 0 radical (unpaired) electrons. The number of aryl methyl sites for hydroxylation is 2. The van der Waals surface area contributed by atoms with Gasteiger partial charge in [0.05, 0.1) is 18.2 Å². The third-order valence-electron chi connectivity index (χ3n) is 7.77. The monoisotopic (exact) mass is 495 g/mol. The average molecular weight is 496 g/mol. The molecule has 0 spiro atoms. The fourth-order valence-electron chi connectivity index (χ4n) is 5.96. The van der Waals surface area contributed by atoms with E-state index in [-0.39, 0.29) is 18.2 Å². The summed E-state index contributed by atoms with van der Waals surface area (Å²) in [5.41, 5.74) is 11.6. The quantitative estimate of drug-likeness (QED) is 0.353. The van der Waals surface area contributed by atoms with Crippen LogP contribution in [0.5, 0.6) is 0 Å². The van der Waals surface area contributed by atoms with Gasteiger partial charge in [-0.3, -0.25) is 0 Å². The number of benzene rings is 3. The van der Waals surface area contributed by atoms with Gasteiger partial charge in [-0.1, -0.05) is 74.0 Å².